The van der Waals surface area contributed by atoms with Crippen molar-refractivity contribution in [1.29, 1.82) is 0 Å². The summed E-state index contributed by atoms with van der Waals surface area (Å²) in [5, 5.41) is 0. The van der Waals surface area contributed by atoms with Crippen LogP contribution in [-0.4, -0.2) is 47.1 Å². The second kappa shape index (κ2) is 8.09. The van der Waals surface area contributed by atoms with Crippen LogP contribution >= 0.6 is 22.6 Å². The maximum absolute atomic E-state index is 11.2. The molecule has 3 atom stereocenters. The minimum absolute atomic E-state index is 0.171. The number of carbonyl (C=O) groups is 2. The molecule has 0 aromatic rings. The Morgan fingerprint density at radius 1 is 1.29 bits per heavy atom. The molecule has 0 aromatic heterocycles. The number of hydrogen-bond acceptors (Lipinski definition) is 6. The van der Waals surface area contributed by atoms with E-state index in [2.05, 4.69) is 22.6 Å². The van der Waals surface area contributed by atoms with Crippen molar-refractivity contribution >= 4 is 34.5 Å². The number of halogens is 1. The van der Waals surface area contributed by atoms with Crippen LogP contribution in [0.25, 0.3) is 0 Å². The molecule has 0 radical (unpaired) electrons. The molecule has 1 saturated heterocycles. The summed E-state index contributed by atoms with van der Waals surface area (Å²) in [6.07, 6.45) is 2.31. The van der Waals surface area contributed by atoms with Gasteiger partial charge in [0.2, 0.25) is 0 Å². The smallest absolute Gasteiger partial charge is 0.303 e. The summed E-state index contributed by atoms with van der Waals surface area (Å²) in [6, 6.07) is 0. The van der Waals surface area contributed by atoms with Gasteiger partial charge in [-0.1, -0.05) is 28.7 Å². The quantitative estimate of drug-likeness (QED) is 0.288. The van der Waals surface area contributed by atoms with Gasteiger partial charge in [-0.2, -0.15) is 0 Å². The summed E-state index contributed by atoms with van der Waals surface area (Å²) in [6.45, 7) is 6.49. The standard InChI is InChI=1S/C14H21IO6/c1-9(16)18-7-5-6-11-13(21-14(3,4)20-11)12(8-15)19-10(2)17/h5-6,11-13H,7-8H2,1-4H3/b6-5-/t11-,12+,13-/m0/s1. The lowest BCUT2D eigenvalue weighted by molar-refractivity contribution is -0.166. The van der Waals surface area contributed by atoms with Gasteiger partial charge in [0.25, 0.3) is 0 Å². The average molecular weight is 412 g/mol. The third-order valence-corrected chi connectivity index (χ3v) is 3.58. The van der Waals surface area contributed by atoms with E-state index in [9.17, 15) is 9.59 Å². The maximum atomic E-state index is 11.2. The molecule has 7 heteroatoms. The lowest BCUT2D eigenvalue weighted by Gasteiger charge is -2.23. The van der Waals surface area contributed by atoms with Crippen molar-refractivity contribution in [2.45, 2.75) is 51.8 Å². The highest BCUT2D eigenvalue weighted by Crippen LogP contribution is 2.32. The van der Waals surface area contributed by atoms with E-state index < -0.39 is 18.0 Å². The highest BCUT2D eigenvalue weighted by atomic mass is 127. The fourth-order valence-electron chi connectivity index (χ4n) is 2.01. The van der Waals surface area contributed by atoms with Crippen LogP contribution in [0.15, 0.2) is 12.2 Å². The Labute approximate surface area is 138 Å². The van der Waals surface area contributed by atoms with Gasteiger partial charge in [0.1, 0.15) is 24.9 Å². The van der Waals surface area contributed by atoms with Gasteiger partial charge in [-0.15, -0.1) is 0 Å². The second-order valence-electron chi connectivity index (χ2n) is 5.10. The lowest BCUT2D eigenvalue weighted by Crippen LogP contribution is -2.39. The molecule has 1 rings (SSSR count). The fraction of sp³-hybridized carbons (Fsp3) is 0.714. The largest absolute Gasteiger partial charge is 0.462 e. The van der Waals surface area contributed by atoms with Crippen molar-refractivity contribution in [3.63, 3.8) is 0 Å². The van der Waals surface area contributed by atoms with Gasteiger partial charge >= 0.3 is 11.9 Å². The van der Waals surface area contributed by atoms with Gasteiger partial charge in [-0.3, -0.25) is 9.59 Å². The van der Waals surface area contributed by atoms with Crippen molar-refractivity contribution in [3.8, 4) is 0 Å². The third-order valence-electron chi connectivity index (χ3n) is 2.71. The van der Waals surface area contributed by atoms with Crippen molar-refractivity contribution in [2.24, 2.45) is 0 Å². The Morgan fingerprint density at radius 2 is 1.95 bits per heavy atom. The molecule has 0 N–H and O–H groups in total. The summed E-state index contributed by atoms with van der Waals surface area (Å²) in [5.74, 6) is -1.46. The first-order valence-corrected chi connectivity index (χ1v) is 8.16. The van der Waals surface area contributed by atoms with Gasteiger partial charge in [-0.05, 0) is 19.9 Å². The first-order chi connectivity index (χ1) is 9.75. The van der Waals surface area contributed by atoms with Crippen LogP contribution in [0.4, 0.5) is 0 Å². The molecule has 1 heterocycles. The van der Waals surface area contributed by atoms with Gasteiger partial charge in [-0.25, -0.2) is 0 Å². The monoisotopic (exact) mass is 412 g/mol. The molecule has 0 spiro atoms. The second-order valence-corrected chi connectivity index (χ2v) is 5.98. The van der Waals surface area contributed by atoms with Crippen LogP contribution in [0.5, 0.6) is 0 Å². The summed E-state index contributed by atoms with van der Waals surface area (Å²) >= 11 is 2.14. The molecular formula is C14H21IO6. The Bertz CT molecular complexity index is 406. The molecule has 0 amide bonds. The van der Waals surface area contributed by atoms with Crippen LogP contribution in [0.2, 0.25) is 0 Å². The van der Waals surface area contributed by atoms with Crippen LogP contribution in [0, 0.1) is 0 Å². The van der Waals surface area contributed by atoms with Crippen molar-refractivity contribution in [1.82, 2.24) is 0 Å². The van der Waals surface area contributed by atoms with Gasteiger partial charge in [0.05, 0.1) is 0 Å². The molecule has 0 aromatic carbocycles. The predicted molar refractivity (Wildman–Crippen MR) is 84.0 cm³/mol. The predicted octanol–water partition coefficient (Wildman–Crippen LogP) is 1.99. The van der Waals surface area contributed by atoms with E-state index in [1.807, 2.05) is 0 Å². The Morgan fingerprint density at radius 3 is 2.48 bits per heavy atom. The third kappa shape index (κ3) is 6.31. The molecule has 0 aliphatic carbocycles. The molecule has 0 bridgehead atoms. The van der Waals surface area contributed by atoms with Crippen LogP contribution in [-0.2, 0) is 28.5 Å². The van der Waals surface area contributed by atoms with Gasteiger partial charge in [0, 0.05) is 18.3 Å². The fourth-order valence-corrected chi connectivity index (χ4v) is 2.69. The molecule has 1 aliphatic heterocycles. The van der Waals surface area contributed by atoms with Crippen LogP contribution in [0.1, 0.15) is 27.7 Å². The van der Waals surface area contributed by atoms with Crippen molar-refractivity contribution in [3.05, 3.63) is 12.2 Å². The molecule has 120 valence electrons. The van der Waals surface area contributed by atoms with E-state index in [0.29, 0.717) is 4.43 Å². The number of rotatable bonds is 6. The topological polar surface area (TPSA) is 71.1 Å². The number of ether oxygens (including phenoxy) is 4. The zero-order chi connectivity index (χ0) is 16.0. The lowest BCUT2D eigenvalue weighted by atomic mass is 10.1. The minimum atomic E-state index is -0.759. The van der Waals surface area contributed by atoms with Gasteiger partial charge in [0.15, 0.2) is 5.79 Å². The normalized spacial score (nSPS) is 25.8. The number of carbonyl (C=O) groups excluding carboxylic acids is 2. The molecule has 1 fully saturated rings. The number of hydrogen-bond donors (Lipinski definition) is 0. The molecule has 0 saturated carbocycles. The number of alkyl halides is 1. The highest BCUT2D eigenvalue weighted by molar-refractivity contribution is 14.1. The van der Waals surface area contributed by atoms with E-state index in [1.165, 1.54) is 13.8 Å². The zero-order valence-electron chi connectivity index (χ0n) is 12.6. The number of esters is 2. The summed E-state index contributed by atoms with van der Waals surface area (Å²) in [5.41, 5.74) is 0. The van der Waals surface area contributed by atoms with E-state index in [1.54, 1.807) is 26.0 Å². The maximum Gasteiger partial charge on any atom is 0.303 e. The average Bonchev–Trinajstić information content (AvgIpc) is 2.66. The Kier molecular flexibility index (Phi) is 7.08. The highest BCUT2D eigenvalue weighted by Gasteiger charge is 2.44. The molecular weight excluding hydrogens is 391 g/mol. The molecule has 0 unspecified atom stereocenters. The van der Waals surface area contributed by atoms with E-state index in [0.717, 1.165) is 0 Å². The van der Waals surface area contributed by atoms with Crippen molar-refractivity contribution in [2.75, 3.05) is 11.0 Å². The summed E-state index contributed by atoms with van der Waals surface area (Å²) in [4.78, 5) is 21.9. The van der Waals surface area contributed by atoms with Gasteiger partial charge < -0.3 is 18.9 Å². The van der Waals surface area contributed by atoms with Crippen LogP contribution in [0.3, 0.4) is 0 Å². The molecule has 6 nitrogen and oxygen atoms in total. The Hall–Kier alpha value is -0.670. The summed E-state index contributed by atoms with van der Waals surface area (Å²) < 4.78 is 22.3. The minimum Gasteiger partial charge on any atom is -0.462 e. The first kappa shape index (κ1) is 18.4. The van der Waals surface area contributed by atoms with Crippen LogP contribution < -0.4 is 0 Å². The van der Waals surface area contributed by atoms with Crippen molar-refractivity contribution < 1.29 is 28.5 Å². The molecule has 21 heavy (non-hydrogen) atoms. The van der Waals surface area contributed by atoms with E-state index in [-0.39, 0.29) is 24.6 Å². The Balaban J connectivity index is 2.73. The zero-order valence-corrected chi connectivity index (χ0v) is 14.8. The van der Waals surface area contributed by atoms with E-state index in [4.69, 9.17) is 18.9 Å². The SMILES string of the molecule is CC(=O)OC/C=C\[C@@H]1OC(C)(C)O[C@@H]1[C@@H](CI)OC(C)=O. The summed E-state index contributed by atoms with van der Waals surface area (Å²) in [7, 11) is 0. The molecule has 1 aliphatic rings. The van der Waals surface area contributed by atoms with E-state index >= 15 is 0 Å². The first-order valence-electron chi connectivity index (χ1n) is 6.64.